The SMILES string of the molecule is COc1c(C)nc2c(C)cccc2c1C(=O)O. The Hall–Kier alpha value is -2.10. The molecule has 0 atom stereocenters. The molecule has 1 aromatic carbocycles. The molecule has 0 bridgehead atoms. The van der Waals surface area contributed by atoms with E-state index in [0.29, 0.717) is 22.3 Å². The van der Waals surface area contributed by atoms with Gasteiger partial charge in [0.15, 0.2) is 5.75 Å². The number of ether oxygens (including phenoxy) is 1. The summed E-state index contributed by atoms with van der Waals surface area (Å²) < 4.78 is 5.14. The van der Waals surface area contributed by atoms with E-state index >= 15 is 0 Å². The van der Waals surface area contributed by atoms with Crippen LogP contribution in [0.15, 0.2) is 18.2 Å². The first-order valence-corrected chi connectivity index (χ1v) is 5.23. The number of para-hydroxylation sites is 1. The van der Waals surface area contributed by atoms with E-state index in [1.165, 1.54) is 7.11 Å². The number of aromatic nitrogens is 1. The Morgan fingerprint density at radius 1 is 1.35 bits per heavy atom. The fourth-order valence-electron chi connectivity index (χ4n) is 1.99. The van der Waals surface area contributed by atoms with Crippen LogP contribution in [0.4, 0.5) is 0 Å². The average molecular weight is 231 g/mol. The molecule has 0 aliphatic carbocycles. The van der Waals surface area contributed by atoms with Crippen molar-refractivity contribution < 1.29 is 14.6 Å². The minimum absolute atomic E-state index is 0.179. The molecule has 0 saturated carbocycles. The fraction of sp³-hybridized carbons (Fsp3) is 0.231. The van der Waals surface area contributed by atoms with E-state index in [-0.39, 0.29) is 5.56 Å². The van der Waals surface area contributed by atoms with Gasteiger partial charge in [-0.2, -0.15) is 0 Å². The summed E-state index contributed by atoms with van der Waals surface area (Å²) in [4.78, 5) is 15.8. The van der Waals surface area contributed by atoms with Crippen LogP contribution < -0.4 is 4.74 Å². The van der Waals surface area contributed by atoms with Crippen LogP contribution in [0.1, 0.15) is 21.6 Å². The van der Waals surface area contributed by atoms with Crippen molar-refractivity contribution in [3.05, 3.63) is 35.0 Å². The van der Waals surface area contributed by atoms with Gasteiger partial charge in [0.25, 0.3) is 0 Å². The monoisotopic (exact) mass is 231 g/mol. The number of pyridine rings is 1. The van der Waals surface area contributed by atoms with Crippen LogP contribution in [0.3, 0.4) is 0 Å². The summed E-state index contributed by atoms with van der Waals surface area (Å²) in [5, 5.41) is 9.91. The summed E-state index contributed by atoms with van der Waals surface area (Å²) in [5.74, 6) is -0.668. The third-order valence-corrected chi connectivity index (χ3v) is 2.76. The maximum Gasteiger partial charge on any atom is 0.340 e. The standard InChI is InChI=1S/C13H13NO3/c1-7-5-4-6-9-10(13(15)16)12(17-3)8(2)14-11(7)9/h4-6H,1-3H3,(H,15,16). The van der Waals surface area contributed by atoms with Crippen LogP contribution in [0.25, 0.3) is 10.9 Å². The molecule has 0 spiro atoms. The zero-order valence-corrected chi connectivity index (χ0v) is 9.94. The molecule has 0 saturated heterocycles. The lowest BCUT2D eigenvalue weighted by atomic mass is 10.0. The molecule has 2 rings (SSSR count). The number of hydrogen-bond donors (Lipinski definition) is 1. The number of benzene rings is 1. The summed E-state index contributed by atoms with van der Waals surface area (Å²) in [6.07, 6.45) is 0. The zero-order valence-electron chi connectivity index (χ0n) is 9.94. The van der Waals surface area contributed by atoms with Gasteiger partial charge in [-0.05, 0) is 19.4 Å². The Morgan fingerprint density at radius 3 is 2.65 bits per heavy atom. The first-order valence-electron chi connectivity index (χ1n) is 5.23. The first kappa shape index (κ1) is 11.4. The van der Waals surface area contributed by atoms with E-state index in [0.717, 1.165) is 5.56 Å². The van der Waals surface area contributed by atoms with Crippen LogP contribution in [-0.2, 0) is 0 Å². The van der Waals surface area contributed by atoms with Gasteiger partial charge < -0.3 is 9.84 Å². The number of methoxy groups -OCH3 is 1. The minimum Gasteiger partial charge on any atom is -0.494 e. The number of aryl methyl sites for hydroxylation is 2. The van der Waals surface area contributed by atoms with Crippen molar-refractivity contribution >= 4 is 16.9 Å². The first-order chi connectivity index (χ1) is 8.06. The van der Waals surface area contributed by atoms with Crippen LogP contribution in [0, 0.1) is 13.8 Å². The maximum atomic E-state index is 11.4. The fourth-order valence-corrected chi connectivity index (χ4v) is 1.99. The van der Waals surface area contributed by atoms with Gasteiger partial charge in [0.1, 0.15) is 5.56 Å². The lowest BCUT2D eigenvalue weighted by molar-refractivity contribution is 0.0695. The van der Waals surface area contributed by atoms with Gasteiger partial charge in [-0.1, -0.05) is 18.2 Å². The predicted octanol–water partition coefficient (Wildman–Crippen LogP) is 2.56. The normalized spacial score (nSPS) is 10.5. The Labute approximate surface area is 98.9 Å². The second kappa shape index (κ2) is 4.05. The number of carbonyl (C=O) groups is 1. The van der Waals surface area contributed by atoms with Gasteiger partial charge in [-0.15, -0.1) is 0 Å². The highest BCUT2D eigenvalue weighted by molar-refractivity contribution is 6.06. The number of fused-ring (bicyclic) bond motifs is 1. The van der Waals surface area contributed by atoms with Gasteiger partial charge in [0.2, 0.25) is 0 Å². The highest BCUT2D eigenvalue weighted by Crippen LogP contribution is 2.30. The molecule has 0 fully saturated rings. The van der Waals surface area contributed by atoms with Gasteiger partial charge in [0, 0.05) is 5.39 Å². The summed E-state index contributed by atoms with van der Waals surface area (Å²) >= 11 is 0. The molecule has 17 heavy (non-hydrogen) atoms. The van der Waals surface area contributed by atoms with Crippen molar-refractivity contribution in [1.82, 2.24) is 4.98 Å². The molecule has 0 aliphatic heterocycles. The smallest absolute Gasteiger partial charge is 0.340 e. The molecular formula is C13H13NO3. The lowest BCUT2D eigenvalue weighted by Gasteiger charge is -2.12. The third-order valence-electron chi connectivity index (χ3n) is 2.76. The van der Waals surface area contributed by atoms with Crippen LogP contribution in [0.5, 0.6) is 5.75 Å². The molecule has 0 radical (unpaired) electrons. The molecule has 88 valence electrons. The van der Waals surface area contributed by atoms with E-state index in [1.807, 2.05) is 19.1 Å². The van der Waals surface area contributed by atoms with Crippen molar-refractivity contribution in [3.8, 4) is 5.75 Å². The number of hydrogen-bond acceptors (Lipinski definition) is 3. The van der Waals surface area contributed by atoms with Crippen LogP contribution >= 0.6 is 0 Å². The second-order valence-corrected chi connectivity index (χ2v) is 3.88. The van der Waals surface area contributed by atoms with Crippen molar-refractivity contribution in [2.75, 3.05) is 7.11 Å². The molecule has 0 amide bonds. The molecule has 0 aliphatic rings. The van der Waals surface area contributed by atoms with E-state index in [4.69, 9.17) is 4.74 Å². The lowest BCUT2D eigenvalue weighted by Crippen LogP contribution is -2.05. The summed E-state index contributed by atoms with van der Waals surface area (Å²) in [5.41, 5.74) is 2.43. The Morgan fingerprint density at radius 2 is 2.06 bits per heavy atom. The largest absolute Gasteiger partial charge is 0.494 e. The number of aromatic carboxylic acids is 1. The highest BCUT2D eigenvalue weighted by Gasteiger charge is 2.19. The maximum absolute atomic E-state index is 11.4. The van der Waals surface area contributed by atoms with Crippen molar-refractivity contribution in [1.29, 1.82) is 0 Å². The Balaban J connectivity index is 2.98. The molecule has 4 heteroatoms. The molecule has 1 N–H and O–H groups in total. The van der Waals surface area contributed by atoms with Gasteiger partial charge in [-0.3, -0.25) is 0 Å². The molecule has 0 unspecified atom stereocenters. The van der Waals surface area contributed by atoms with Crippen LogP contribution in [-0.4, -0.2) is 23.2 Å². The number of rotatable bonds is 2. The van der Waals surface area contributed by atoms with Crippen molar-refractivity contribution in [2.45, 2.75) is 13.8 Å². The number of carboxylic acids is 1. The van der Waals surface area contributed by atoms with E-state index < -0.39 is 5.97 Å². The molecule has 4 nitrogen and oxygen atoms in total. The zero-order chi connectivity index (χ0) is 12.6. The Bertz CT molecular complexity index is 605. The van der Waals surface area contributed by atoms with E-state index in [2.05, 4.69) is 4.98 Å². The summed E-state index contributed by atoms with van der Waals surface area (Å²) in [6, 6.07) is 5.48. The van der Waals surface area contributed by atoms with E-state index in [1.54, 1.807) is 13.0 Å². The van der Waals surface area contributed by atoms with Gasteiger partial charge in [0.05, 0.1) is 18.3 Å². The number of carboxylic acid groups (broad SMARTS) is 1. The van der Waals surface area contributed by atoms with Gasteiger partial charge in [-0.25, -0.2) is 9.78 Å². The van der Waals surface area contributed by atoms with Crippen molar-refractivity contribution in [3.63, 3.8) is 0 Å². The van der Waals surface area contributed by atoms with Gasteiger partial charge >= 0.3 is 5.97 Å². The molecule has 2 aromatic rings. The van der Waals surface area contributed by atoms with Crippen LogP contribution in [0.2, 0.25) is 0 Å². The molecular weight excluding hydrogens is 218 g/mol. The summed E-state index contributed by atoms with van der Waals surface area (Å²) in [6.45, 7) is 3.66. The second-order valence-electron chi connectivity index (χ2n) is 3.88. The predicted molar refractivity (Wildman–Crippen MR) is 64.7 cm³/mol. The number of nitrogens with zero attached hydrogens (tertiary/aromatic N) is 1. The van der Waals surface area contributed by atoms with Crippen molar-refractivity contribution in [2.24, 2.45) is 0 Å². The summed E-state index contributed by atoms with van der Waals surface area (Å²) in [7, 11) is 1.46. The topological polar surface area (TPSA) is 59.4 Å². The quantitative estimate of drug-likeness (QED) is 0.862. The molecule has 1 aromatic heterocycles. The molecule has 1 heterocycles. The minimum atomic E-state index is -0.997. The van der Waals surface area contributed by atoms with E-state index in [9.17, 15) is 9.90 Å². The third kappa shape index (κ3) is 1.71. The average Bonchev–Trinajstić information content (AvgIpc) is 2.28. The Kier molecular flexibility index (Phi) is 2.71. The highest BCUT2D eigenvalue weighted by atomic mass is 16.5.